The SMILES string of the molecule is CC1(C)C(CNc2nc(N)nc(-n3cccn3)n2)C1(C)C. The monoisotopic (exact) mass is 287 g/mol. The van der Waals surface area contributed by atoms with Gasteiger partial charge in [0, 0.05) is 18.9 Å². The second-order valence-corrected chi connectivity index (χ2v) is 6.64. The Morgan fingerprint density at radius 3 is 2.48 bits per heavy atom. The molecule has 2 aromatic heterocycles. The van der Waals surface area contributed by atoms with E-state index in [2.05, 4.69) is 53.1 Å². The van der Waals surface area contributed by atoms with Crippen LogP contribution in [0.4, 0.5) is 11.9 Å². The van der Waals surface area contributed by atoms with Gasteiger partial charge in [-0.2, -0.15) is 20.1 Å². The molecule has 3 N–H and O–H groups in total. The van der Waals surface area contributed by atoms with Crippen LogP contribution in [0.1, 0.15) is 27.7 Å². The van der Waals surface area contributed by atoms with Crippen molar-refractivity contribution >= 4 is 11.9 Å². The summed E-state index contributed by atoms with van der Waals surface area (Å²) in [6.45, 7) is 9.97. The molecule has 0 aliphatic heterocycles. The number of aromatic nitrogens is 5. The fourth-order valence-corrected chi connectivity index (χ4v) is 2.99. The van der Waals surface area contributed by atoms with Crippen molar-refractivity contribution in [2.75, 3.05) is 17.6 Å². The Balaban J connectivity index is 1.75. The van der Waals surface area contributed by atoms with Crippen LogP contribution in [0.5, 0.6) is 0 Å². The lowest BCUT2D eigenvalue weighted by atomic mass is 10.0. The van der Waals surface area contributed by atoms with Crippen molar-refractivity contribution in [1.82, 2.24) is 24.7 Å². The number of anilines is 2. The number of rotatable bonds is 4. The lowest BCUT2D eigenvalue weighted by molar-refractivity contribution is 0.457. The molecule has 1 fully saturated rings. The van der Waals surface area contributed by atoms with Gasteiger partial charge in [-0.3, -0.25) is 0 Å². The van der Waals surface area contributed by atoms with E-state index in [4.69, 9.17) is 5.73 Å². The summed E-state index contributed by atoms with van der Waals surface area (Å²) < 4.78 is 1.56. The van der Waals surface area contributed by atoms with Gasteiger partial charge in [0.25, 0.3) is 5.95 Å². The van der Waals surface area contributed by atoms with Crippen LogP contribution >= 0.6 is 0 Å². The molecule has 0 saturated heterocycles. The normalized spacial score (nSPS) is 19.4. The third-order valence-corrected chi connectivity index (χ3v) is 5.13. The second kappa shape index (κ2) is 4.41. The number of nitrogens with one attached hydrogen (secondary N) is 1. The zero-order valence-electron chi connectivity index (χ0n) is 12.8. The maximum atomic E-state index is 5.75. The van der Waals surface area contributed by atoms with E-state index < -0.39 is 0 Å². The molecule has 1 aliphatic carbocycles. The fraction of sp³-hybridized carbons (Fsp3) is 0.571. The molecule has 112 valence electrons. The number of nitrogen functional groups attached to an aromatic ring is 1. The summed E-state index contributed by atoms with van der Waals surface area (Å²) in [7, 11) is 0. The predicted octanol–water partition coefficient (Wildman–Crippen LogP) is 1.73. The highest BCUT2D eigenvalue weighted by molar-refractivity contribution is 5.35. The summed E-state index contributed by atoms with van der Waals surface area (Å²) in [4.78, 5) is 12.6. The molecule has 1 aliphatic rings. The van der Waals surface area contributed by atoms with Gasteiger partial charge in [0.1, 0.15) is 0 Å². The lowest BCUT2D eigenvalue weighted by Crippen LogP contribution is -2.14. The molecule has 0 atom stereocenters. The summed E-state index contributed by atoms with van der Waals surface area (Å²) in [5.74, 6) is 1.68. The highest BCUT2D eigenvalue weighted by Gasteiger charge is 2.64. The van der Waals surface area contributed by atoms with E-state index in [0.29, 0.717) is 28.6 Å². The molecule has 0 spiro atoms. The summed E-state index contributed by atoms with van der Waals surface area (Å²) >= 11 is 0. The minimum absolute atomic E-state index is 0.187. The van der Waals surface area contributed by atoms with E-state index in [0.717, 1.165) is 6.54 Å². The lowest BCUT2D eigenvalue weighted by Gasteiger charge is -2.08. The molecule has 0 bridgehead atoms. The predicted molar refractivity (Wildman–Crippen MR) is 80.9 cm³/mol. The first kappa shape index (κ1) is 13.8. The largest absolute Gasteiger partial charge is 0.368 e. The molecule has 21 heavy (non-hydrogen) atoms. The van der Waals surface area contributed by atoms with Crippen LogP contribution < -0.4 is 11.1 Å². The quantitative estimate of drug-likeness (QED) is 0.889. The van der Waals surface area contributed by atoms with Gasteiger partial charge in [-0.25, -0.2) is 4.68 Å². The van der Waals surface area contributed by atoms with E-state index >= 15 is 0 Å². The summed E-state index contributed by atoms with van der Waals surface area (Å²) in [5, 5.41) is 7.38. The van der Waals surface area contributed by atoms with E-state index in [1.807, 2.05) is 6.07 Å². The Morgan fingerprint density at radius 1 is 1.19 bits per heavy atom. The van der Waals surface area contributed by atoms with Crippen molar-refractivity contribution in [2.45, 2.75) is 27.7 Å². The maximum Gasteiger partial charge on any atom is 0.257 e. The molecular weight excluding hydrogens is 266 g/mol. The molecule has 1 saturated carbocycles. The van der Waals surface area contributed by atoms with Crippen LogP contribution in [0.3, 0.4) is 0 Å². The average molecular weight is 287 g/mol. The zero-order valence-corrected chi connectivity index (χ0v) is 12.8. The van der Waals surface area contributed by atoms with Crippen LogP contribution in [-0.2, 0) is 0 Å². The molecule has 0 aromatic carbocycles. The first-order valence-corrected chi connectivity index (χ1v) is 7.08. The molecule has 0 unspecified atom stereocenters. The van der Waals surface area contributed by atoms with Crippen LogP contribution in [0.25, 0.3) is 5.95 Å². The van der Waals surface area contributed by atoms with Gasteiger partial charge in [0.15, 0.2) is 0 Å². The highest BCUT2D eigenvalue weighted by Crippen LogP contribution is 2.68. The van der Waals surface area contributed by atoms with E-state index in [1.54, 1.807) is 17.1 Å². The third-order valence-electron chi connectivity index (χ3n) is 5.13. The van der Waals surface area contributed by atoms with Crippen molar-refractivity contribution in [2.24, 2.45) is 16.7 Å². The first-order chi connectivity index (χ1) is 9.82. The van der Waals surface area contributed by atoms with Crippen molar-refractivity contribution in [3.8, 4) is 5.95 Å². The van der Waals surface area contributed by atoms with Crippen LogP contribution in [0, 0.1) is 16.7 Å². The maximum absolute atomic E-state index is 5.75. The van der Waals surface area contributed by atoms with Crippen molar-refractivity contribution in [3.05, 3.63) is 18.5 Å². The molecular formula is C14H21N7. The third kappa shape index (κ3) is 2.22. The first-order valence-electron chi connectivity index (χ1n) is 7.08. The van der Waals surface area contributed by atoms with E-state index in [-0.39, 0.29) is 5.95 Å². The van der Waals surface area contributed by atoms with Crippen LogP contribution in [0.2, 0.25) is 0 Å². The van der Waals surface area contributed by atoms with Crippen LogP contribution in [-0.4, -0.2) is 31.3 Å². The van der Waals surface area contributed by atoms with E-state index in [9.17, 15) is 0 Å². The Bertz CT molecular complexity index is 631. The number of nitrogens with two attached hydrogens (primary N) is 1. The summed E-state index contributed by atoms with van der Waals surface area (Å²) in [5.41, 5.74) is 6.40. The molecule has 2 heterocycles. The van der Waals surface area contributed by atoms with Gasteiger partial charge in [-0.15, -0.1) is 0 Å². The van der Waals surface area contributed by atoms with Gasteiger partial charge >= 0.3 is 0 Å². The highest BCUT2D eigenvalue weighted by atomic mass is 15.4. The van der Waals surface area contributed by atoms with Gasteiger partial charge in [0.05, 0.1) is 0 Å². The van der Waals surface area contributed by atoms with Crippen molar-refractivity contribution in [1.29, 1.82) is 0 Å². The molecule has 7 heteroatoms. The minimum atomic E-state index is 0.187. The number of nitrogens with zero attached hydrogens (tertiary/aromatic N) is 5. The zero-order chi connectivity index (χ0) is 15.3. The van der Waals surface area contributed by atoms with E-state index in [1.165, 1.54) is 0 Å². The smallest absolute Gasteiger partial charge is 0.257 e. The Kier molecular flexibility index (Phi) is 2.89. The standard InChI is InChI=1S/C14H21N7/c1-13(2)9(14(13,3)4)8-16-11-18-10(15)19-12(20-11)21-7-5-6-17-21/h5-7,9H,8H2,1-4H3,(H3,15,16,18,19,20). The molecule has 3 rings (SSSR count). The van der Waals surface area contributed by atoms with Gasteiger partial charge in [0.2, 0.25) is 11.9 Å². The summed E-state index contributed by atoms with van der Waals surface area (Å²) in [6.07, 6.45) is 3.44. The average Bonchev–Trinajstić information content (AvgIpc) is 2.80. The van der Waals surface area contributed by atoms with Crippen LogP contribution in [0.15, 0.2) is 18.5 Å². The Labute approximate surface area is 124 Å². The molecule has 2 aromatic rings. The second-order valence-electron chi connectivity index (χ2n) is 6.64. The number of hydrogen-bond acceptors (Lipinski definition) is 6. The topological polar surface area (TPSA) is 94.5 Å². The number of hydrogen-bond donors (Lipinski definition) is 2. The fourth-order valence-electron chi connectivity index (χ4n) is 2.99. The van der Waals surface area contributed by atoms with Gasteiger partial charge in [-0.1, -0.05) is 27.7 Å². The minimum Gasteiger partial charge on any atom is -0.368 e. The molecule has 7 nitrogen and oxygen atoms in total. The Morgan fingerprint density at radius 2 is 1.90 bits per heavy atom. The van der Waals surface area contributed by atoms with Gasteiger partial charge < -0.3 is 11.1 Å². The summed E-state index contributed by atoms with van der Waals surface area (Å²) in [6, 6.07) is 1.81. The molecule has 0 amide bonds. The van der Waals surface area contributed by atoms with Crippen molar-refractivity contribution in [3.63, 3.8) is 0 Å². The van der Waals surface area contributed by atoms with Crippen molar-refractivity contribution < 1.29 is 0 Å². The Hall–Kier alpha value is -2.18. The van der Waals surface area contributed by atoms with Gasteiger partial charge in [-0.05, 0) is 22.8 Å². The molecule has 0 radical (unpaired) electrons.